The summed E-state index contributed by atoms with van der Waals surface area (Å²) in [5.41, 5.74) is 0.679. The van der Waals surface area contributed by atoms with Gasteiger partial charge in [0.05, 0.1) is 12.6 Å². The molecule has 33 heavy (non-hydrogen) atoms. The fourth-order valence-corrected chi connectivity index (χ4v) is 4.81. The molecular weight excluding hydrogens is 446 g/mol. The maximum atomic E-state index is 13.1. The Morgan fingerprint density at radius 3 is 2.55 bits per heavy atom. The average Bonchev–Trinajstić information content (AvgIpc) is 3.22. The maximum Gasteiger partial charge on any atom is 0.408 e. The summed E-state index contributed by atoms with van der Waals surface area (Å²) < 4.78 is 5.31. The van der Waals surface area contributed by atoms with E-state index in [1.54, 1.807) is 24.3 Å². The molecule has 0 unspecified atom stereocenters. The van der Waals surface area contributed by atoms with Crippen LogP contribution in [0.25, 0.3) is 0 Å². The Morgan fingerprint density at radius 1 is 1.12 bits per heavy atom. The van der Waals surface area contributed by atoms with Crippen molar-refractivity contribution in [3.05, 3.63) is 34.9 Å². The third-order valence-electron chi connectivity index (χ3n) is 6.52. The molecule has 1 aromatic carbocycles. The Labute approximate surface area is 199 Å². The molecule has 3 atom stereocenters. The van der Waals surface area contributed by atoms with E-state index < -0.39 is 18.2 Å². The molecule has 2 fully saturated rings. The minimum atomic E-state index is -0.779. The van der Waals surface area contributed by atoms with Crippen molar-refractivity contribution in [2.24, 2.45) is 11.8 Å². The van der Waals surface area contributed by atoms with Gasteiger partial charge in [0.15, 0.2) is 0 Å². The van der Waals surface area contributed by atoms with Gasteiger partial charge in [0.25, 0.3) is 0 Å². The van der Waals surface area contributed by atoms with Crippen molar-refractivity contribution in [1.29, 1.82) is 0 Å². The second-order valence-corrected chi connectivity index (χ2v) is 9.41. The number of hydrogen-bond donors (Lipinski definition) is 4. The lowest BCUT2D eigenvalue weighted by molar-refractivity contribution is -0.126. The highest BCUT2D eigenvalue weighted by Crippen LogP contribution is 2.27. The van der Waals surface area contributed by atoms with Crippen molar-refractivity contribution in [1.82, 2.24) is 16.0 Å². The molecule has 3 amide bonds. The van der Waals surface area contributed by atoms with Crippen molar-refractivity contribution in [3.8, 4) is 0 Å². The van der Waals surface area contributed by atoms with E-state index in [0.717, 1.165) is 25.7 Å². The molecule has 1 aromatic rings. The molecular formula is C24H34ClN3O5. The lowest BCUT2D eigenvalue weighted by Gasteiger charge is -2.28. The van der Waals surface area contributed by atoms with Gasteiger partial charge in [0.1, 0.15) is 12.6 Å². The smallest absolute Gasteiger partial charge is 0.408 e. The van der Waals surface area contributed by atoms with Crippen LogP contribution in [0.1, 0.15) is 56.9 Å². The molecule has 182 valence electrons. The number of benzene rings is 1. The van der Waals surface area contributed by atoms with Gasteiger partial charge in [-0.25, -0.2) is 4.79 Å². The molecule has 0 bridgehead atoms. The fraction of sp³-hybridized carbons (Fsp3) is 0.625. The van der Waals surface area contributed by atoms with Crippen LogP contribution in [0.15, 0.2) is 24.3 Å². The van der Waals surface area contributed by atoms with Crippen LogP contribution in [0.5, 0.6) is 0 Å². The third kappa shape index (κ3) is 7.89. The van der Waals surface area contributed by atoms with Crippen LogP contribution >= 0.6 is 11.6 Å². The van der Waals surface area contributed by atoms with Gasteiger partial charge in [-0.2, -0.15) is 0 Å². The van der Waals surface area contributed by atoms with Gasteiger partial charge in [-0.3, -0.25) is 9.59 Å². The summed E-state index contributed by atoms with van der Waals surface area (Å²) in [5.74, 6) is -0.310. The molecule has 1 aliphatic heterocycles. The lowest BCUT2D eigenvalue weighted by Crippen LogP contribution is -2.51. The first-order valence-corrected chi connectivity index (χ1v) is 12.2. The summed E-state index contributed by atoms with van der Waals surface area (Å²) in [6, 6.07) is 5.76. The molecule has 3 rings (SSSR count). The summed E-state index contributed by atoms with van der Waals surface area (Å²) in [6.45, 7) is 0.334. The van der Waals surface area contributed by atoms with Crippen molar-refractivity contribution in [2.75, 3.05) is 13.2 Å². The van der Waals surface area contributed by atoms with E-state index in [1.807, 2.05) is 0 Å². The number of carbonyl (C=O) groups excluding carboxylic acids is 3. The zero-order valence-corrected chi connectivity index (χ0v) is 19.6. The maximum absolute atomic E-state index is 13.1. The predicted octanol–water partition coefficient (Wildman–Crippen LogP) is 2.91. The van der Waals surface area contributed by atoms with Gasteiger partial charge in [-0.1, -0.05) is 61.9 Å². The molecule has 8 nitrogen and oxygen atoms in total. The number of alkyl carbamates (subject to hydrolysis) is 1. The Hall–Kier alpha value is -2.32. The first kappa shape index (κ1) is 25.3. The summed E-state index contributed by atoms with van der Waals surface area (Å²) in [5, 5.41) is 18.6. The van der Waals surface area contributed by atoms with Gasteiger partial charge in [0, 0.05) is 23.0 Å². The Morgan fingerprint density at radius 2 is 1.88 bits per heavy atom. The summed E-state index contributed by atoms with van der Waals surface area (Å²) in [6.07, 6.45) is 6.33. The molecule has 0 radical (unpaired) electrons. The molecule has 4 N–H and O–H groups in total. The van der Waals surface area contributed by atoms with Crippen LogP contribution in [-0.2, 0) is 20.9 Å². The van der Waals surface area contributed by atoms with E-state index in [-0.39, 0.29) is 30.9 Å². The number of hydrogen-bond acceptors (Lipinski definition) is 5. The molecule has 1 saturated carbocycles. The van der Waals surface area contributed by atoms with Crippen molar-refractivity contribution in [2.45, 2.75) is 70.1 Å². The number of aliphatic hydroxyl groups excluding tert-OH is 1. The minimum Gasteiger partial charge on any atom is -0.445 e. The van der Waals surface area contributed by atoms with E-state index in [9.17, 15) is 19.5 Å². The quantitative estimate of drug-likeness (QED) is 0.411. The van der Waals surface area contributed by atoms with E-state index in [2.05, 4.69) is 16.0 Å². The highest BCUT2D eigenvalue weighted by atomic mass is 35.5. The normalized spacial score (nSPS) is 20.5. The summed E-state index contributed by atoms with van der Waals surface area (Å²) in [7, 11) is 0. The lowest BCUT2D eigenvalue weighted by atomic mass is 9.84. The Kier molecular flexibility index (Phi) is 9.81. The van der Waals surface area contributed by atoms with Gasteiger partial charge >= 0.3 is 6.09 Å². The van der Waals surface area contributed by atoms with E-state index >= 15 is 0 Å². The zero-order valence-electron chi connectivity index (χ0n) is 18.9. The SMILES string of the molecule is O=C(N[C@@H](CC1CCCCC1)C(=O)N[C@H](CO)C[C@@H]1CCNC1=O)OCc1ccccc1Cl. The number of halogens is 1. The molecule has 0 aromatic heterocycles. The Bertz CT molecular complexity index is 815. The van der Waals surface area contributed by atoms with E-state index in [4.69, 9.17) is 16.3 Å². The van der Waals surface area contributed by atoms with Crippen molar-refractivity contribution < 1.29 is 24.2 Å². The van der Waals surface area contributed by atoms with E-state index in [1.165, 1.54) is 6.42 Å². The van der Waals surface area contributed by atoms with Gasteiger partial charge < -0.3 is 25.8 Å². The fourth-order valence-electron chi connectivity index (χ4n) is 4.62. The average molecular weight is 480 g/mol. The third-order valence-corrected chi connectivity index (χ3v) is 6.89. The molecule has 1 aliphatic carbocycles. The predicted molar refractivity (Wildman–Crippen MR) is 125 cm³/mol. The standard InChI is InChI=1S/C24H34ClN3O5/c25-20-9-5-4-8-18(20)15-33-24(32)28-21(12-16-6-2-1-3-7-16)23(31)27-19(14-29)13-17-10-11-26-22(17)30/h4-5,8-9,16-17,19,21,29H,1-3,6-7,10-15H2,(H,26,30)(H,27,31)(H,28,32)/t17-,19-,21-/m0/s1. The number of nitrogens with one attached hydrogen (secondary N) is 3. The summed E-state index contributed by atoms with van der Waals surface area (Å²) in [4.78, 5) is 37.5. The highest BCUT2D eigenvalue weighted by Gasteiger charge is 2.31. The van der Waals surface area contributed by atoms with Crippen LogP contribution in [0, 0.1) is 11.8 Å². The van der Waals surface area contributed by atoms with E-state index in [0.29, 0.717) is 42.3 Å². The van der Waals surface area contributed by atoms with Crippen LogP contribution in [0.2, 0.25) is 5.02 Å². The first-order valence-electron chi connectivity index (χ1n) is 11.8. The molecule has 1 heterocycles. The number of aliphatic hydroxyl groups is 1. The van der Waals surface area contributed by atoms with Gasteiger partial charge in [-0.05, 0) is 31.2 Å². The first-order chi connectivity index (χ1) is 16.0. The largest absolute Gasteiger partial charge is 0.445 e. The monoisotopic (exact) mass is 479 g/mol. The molecule has 1 saturated heterocycles. The van der Waals surface area contributed by atoms with Gasteiger partial charge in [-0.15, -0.1) is 0 Å². The number of ether oxygens (including phenoxy) is 1. The van der Waals surface area contributed by atoms with Crippen LogP contribution < -0.4 is 16.0 Å². The highest BCUT2D eigenvalue weighted by molar-refractivity contribution is 6.31. The van der Waals surface area contributed by atoms with Crippen molar-refractivity contribution in [3.63, 3.8) is 0 Å². The van der Waals surface area contributed by atoms with Crippen LogP contribution in [-0.4, -0.2) is 48.2 Å². The van der Waals surface area contributed by atoms with Crippen LogP contribution in [0.4, 0.5) is 4.79 Å². The second-order valence-electron chi connectivity index (χ2n) is 9.00. The molecule has 0 spiro atoms. The zero-order chi connectivity index (χ0) is 23.6. The number of amides is 3. The topological polar surface area (TPSA) is 117 Å². The van der Waals surface area contributed by atoms with Gasteiger partial charge in [0.2, 0.25) is 11.8 Å². The minimum absolute atomic E-state index is 0.000664. The second kappa shape index (κ2) is 12.8. The number of rotatable bonds is 10. The molecule has 2 aliphatic rings. The Balaban J connectivity index is 1.59. The summed E-state index contributed by atoms with van der Waals surface area (Å²) >= 11 is 6.12. The van der Waals surface area contributed by atoms with Crippen molar-refractivity contribution >= 4 is 29.5 Å². The number of carbonyl (C=O) groups is 3. The van der Waals surface area contributed by atoms with Crippen LogP contribution in [0.3, 0.4) is 0 Å². The molecule has 9 heteroatoms.